The van der Waals surface area contributed by atoms with E-state index in [0.29, 0.717) is 0 Å². The Morgan fingerprint density at radius 2 is 2.06 bits per heavy atom. The fourth-order valence-electron chi connectivity index (χ4n) is 2.32. The molecule has 0 aliphatic heterocycles. The number of hydrogen-bond donors (Lipinski definition) is 0. The van der Waals surface area contributed by atoms with Crippen LogP contribution < -0.4 is 0 Å². The van der Waals surface area contributed by atoms with Crippen LogP contribution in [0.15, 0.2) is 48.8 Å². The van der Waals surface area contributed by atoms with Crippen molar-refractivity contribution in [2.75, 3.05) is 0 Å². The molecule has 2 heteroatoms. The van der Waals surface area contributed by atoms with Crippen molar-refractivity contribution in [3.63, 3.8) is 0 Å². The van der Waals surface area contributed by atoms with Crippen LogP contribution in [0.25, 0.3) is 5.57 Å². The van der Waals surface area contributed by atoms with Crippen molar-refractivity contribution in [2.24, 2.45) is 0 Å². The van der Waals surface area contributed by atoms with E-state index < -0.39 is 0 Å². The molecule has 0 unspecified atom stereocenters. The summed E-state index contributed by atoms with van der Waals surface area (Å²) in [5, 5.41) is 4.43. The van der Waals surface area contributed by atoms with E-state index in [2.05, 4.69) is 41.6 Å². The number of nitrogens with zero attached hydrogens (tertiary/aromatic N) is 2. The normalized spacial score (nSPS) is 14.9. The first-order valence-corrected chi connectivity index (χ1v) is 6.17. The van der Waals surface area contributed by atoms with Crippen LogP contribution in [0, 0.1) is 0 Å². The van der Waals surface area contributed by atoms with E-state index in [1.165, 1.54) is 36.0 Å². The summed E-state index contributed by atoms with van der Waals surface area (Å²) < 4.78 is 2.02. The van der Waals surface area contributed by atoms with Crippen molar-refractivity contribution in [2.45, 2.75) is 25.8 Å². The van der Waals surface area contributed by atoms with Crippen molar-refractivity contribution >= 4 is 5.57 Å². The standard InChI is InChI=1S/C15H16N2/c1-2-6-13(7-3-1)11-17-12-15(10-16-17)14-8-4-5-9-14/h1-3,6-8,10,12H,4-5,9,11H2. The Labute approximate surface area is 102 Å². The second kappa shape index (κ2) is 4.58. The molecule has 0 N–H and O–H groups in total. The molecule has 0 amide bonds. The van der Waals surface area contributed by atoms with Crippen LogP contribution >= 0.6 is 0 Å². The third-order valence-electron chi connectivity index (χ3n) is 3.23. The third-order valence-corrected chi connectivity index (χ3v) is 3.23. The number of benzene rings is 1. The van der Waals surface area contributed by atoms with Gasteiger partial charge >= 0.3 is 0 Å². The maximum absolute atomic E-state index is 4.43. The van der Waals surface area contributed by atoms with Crippen molar-refractivity contribution < 1.29 is 0 Å². The summed E-state index contributed by atoms with van der Waals surface area (Å²) in [5.74, 6) is 0. The van der Waals surface area contributed by atoms with Crippen LogP contribution in [0.3, 0.4) is 0 Å². The van der Waals surface area contributed by atoms with Gasteiger partial charge in [-0.15, -0.1) is 0 Å². The Kier molecular flexibility index (Phi) is 2.78. The zero-order chi connectivity index (χ0) is 11.5. The Morgan fingerprint density at radius 1 is 1.18 bits per heavy atom. The summed E-state index contributed by atoms with van der Waals surface area (Å²) in [6.45, 7) is 0.855. The summed E-state index contributed by atoms with van der Waals surface area (Å²) in [6, 6.07) is 10.5. The molecule has 3 rings (SSSR count). The highest BCUT2D eigenvalue weighted by molar-refractivity contribution is 5.65. The Hall–Kier alpha value is -1.83. The molecule has 1 aromatic carbocycles. The Morgan fingerprint density at radius 3 is 2.82 bits per heavy atom. The van der Waals surface area contributed by atoms with Gasteiger partial charge in [0.25, 0.3) is 0 Å². The third kappa shape index (κ3) is 2.31. The van der Waals surface area contributed by atoms with E-state index in [1.54, 1.807) is 0 Å². The van der Waals surface area contributed by atoms with Gasteiger partial charge in [0.05, 0.1) is 12.7 Å². The predicted octanol–water partition coefficient (Wildman–Crippen LogP) is 3.50. The predicted molar refractivity (Wildman–Crippen MR) is 69.6 cm³/mol. The van der Waals surface area contributed by atoms with E-state index >= 15 is 0 Å². The summed E-state index contributed by atoms with van der Waals surface area (Å²) in [6.07, 6.45) is 10.2. The number of allylic oxidation sites excluding steroid dienone is 2. The van der Waals surface area contributed by atoms with Crippen molar-refractivity contribution in [1.82, 2.24) is 9.78 Å². The molecule has 1 aliphatic rings. The molecule has 0 saturated carbocycles. The average molecular weight is 224 g/mol. The fourth-order valence-corrected chi connectivity index (χ4v) is 2.32. The number of rotatable bonds is 3. The summed E-state index contributed by atoms with van der Waals surface area (Å²) in [5.41, 5.74) is 4.05. The SMILES string of the molecule is C1=C(c2cnn(Cc3ccccc3)c2)CCC1. The quantitative estimate of drug-likeness (QED) is 0.780. The van der Waals surface area contributed by atoms with E-state index in [4.69, 9.17) is 0 Å². The molecule has 17 heavy (non-hydrogen) atoms. The second-order valence-electron chi connectivity index (χ2n) is 4.53. The van der Waals surface area contributed by atoms with E-state index in [1.807, 2.05) is 16.9 Å². The van der Waals surface area contributed by atoms with Crippen LogP contribution in [-0.4, -0.2) is 9.78 Å². The van der Waals surface area contributed by atoms with Gasteiger partial charge in [-0.25, -0.2) is 0 Å². The first-order chi connectivity index (χ1) is 8.42. The van der Waals surface area contributed by atoms with Gasteiger partial charge in [-0.2, -0.15) is 5.10 Å². The molecule has 0 spiro atoms. The molecule has 2 nitrogen and oxygen atoms in total. The fraction of sp³-hybridized carbons (Fsp3) is 0.267. The largest absolute Gasteiger partial charge is 0.268 e. The maximum atomic E-state index is 4.43. The lowest BCUT2D eigenvalue weighted by atomic mass is 10.1. The van der Waals surface area contributed by atoms with Crippen molar-refractivity contribution in [3.8, 4) is 0 Å². The van der Waals surface area contributed by atoms with Gasteiger partial charge < -0.3 is 0 Å². The zero-order valence-electron chi connectivity index (χ0n) is 9.84. The zero-order valence-corrected chi connectivity index (χ0v) is 9.84. The minimum Gasteiger partial charge on any atom is -0.268 e. The molecular formula is C15H16N2. The molecule has 86 valence electrons. The van der Waals surface area contributed by atoms with Crippen LogP contribution in [0.5, 0.6) is 0 Å². The van der Waals surface area contributed by atoms with Gasteiger partial charge in [0.2, 0.25) is 0 Å². The number of hydrogen-bond acceptors (Lipinski definition) is 1. The average Bonchev–Trinajstić information content (AvgIpc) is 3.00. The molecule has 0 fully saturated rings. The van der Waals surface area contributed by atoms with Crippen LogP contribution in [0.1, 0.15) is 30.4 Å². The van der Waals surface area contributed by atoms with Crippen LogP contribution in [0.4, 0.5) is 0 Å². The molecular weight excluding hydrogens is 208 g/mol. The highest BCUT2D eigenvalue weighted by Gasteiger charge is 2.09. The highest BCUT2D eigenvalue weighted by Crippen LogP contribution is 2.26. The van der Waals surface area contributed by atoms with Crippen LogP contribution in [-0.2, 0) is 6.54 Å². The molecule has 0 saturated heterocycles. The van der Waals surface area contributed by atoms with Gasteiger partial charge in [0, 0.05) is 11.8 Å². The van der Waals surface area contributed by atoms with E-state index in [-0.39, 0.29) is 0 Å². The summed E-state index contributed by atoms with van der Waals surface area (Å²) in [7, 11) is 0. The molecule has 0 radical (unpaired) electrons. The minimum atomic E-state index is 0.855. The highest BCUT2D eigenvalue weighted by atomic mass is 15.3. The minimum absolute atomic E-state index is 0.855. The lowest BCUT2D eigenvalue weighted by molar-refractivity contribution is 0.687. The first-order valence-electron chi connectivity index (χ1n) is 6.17. The lowest BCUT2D eigenvalue weighted by Crippen LogP contribution is -1.99. The molecule has 0 atom stereocenters. The monoisotopic (exact) mass is 224 g/mol. The Bertz CT molecular complexity index is 523. The van der Waals surface area contributed by atoms with Gasteiger partial charge in [0.15, 0.2) is 0 Å². The van der Waals surface area contributed by atoms with Crippen molar-refractivity contribution in [3.05, 3.63) is 59.9 Å². The maximum Gasteiger partial charge on any atom is 0.0659 e. The molecule has 2 aromatic rings. The van der Waals surface area contributed by atoms with Gasteiger partial charge in [-0.3, -0.25) is 4.68 Å². The van der Waals surface area contributed by atoms with Gasteiger partial charge in [-0.05, 0) is 30.4 Å². The Balaban J connectivity index is 1.77. The van der Waals surface area contributed by atoms with Crippen LogP contribution in [0.2, 0.25) is 0 Å². The molecule has 1 aliphatic carbocycles. The van der Waals surface area contributed by atoms with Crippen molar-refractivity contribution in [1.29, 1.82) is 0 Å². The smallest absolute Gasteiger partial charge is 0.0659 e. The molecule has 0 bridgehead atoms. The summed E-state index contributed by atoms with van der Waals surface area (Å²) in [4.78, 5) is 0. The van der Waals surface area contributed by atoms with Gasteiger partial charge in [0.1, 0.15) is 0 Å². The summed E-state index contributed by atoms with van der Waals surface area (Å²) >= 11 is 0. The first kappa shape index (κ1) is 10.3. The number of aromatic nitrogens is 2. The van der Waals surface area contributed by atoms with Gasteiger partial charge in [-0.1, -0.05) is 36.4 Å². The molecule has 1 aromatic heterocycles. The molecule has 1 heterocycles. The van der Waals surface area contributed by atoms with E-state index in [0.717, 1.165) is 6.54 Å². The lowest BCUT2D eigenvalue weighted by Gasteiger charge is -2.01. The second-order valence-corrected chi connectivity index (χ2v) is 4.53. The topological polar surface area (TPSA) is 17.8 Å². The van der Waals surface area contributed by atoms with E-state index in [9.17, 15) is 0 Å².